The summed E-state index contributed by atoms with van der Waals surface area (Å²) in [6.07, 6.45) is 4.21. The molecule has 1 aromatic carbocycles. The van der Waals surface area contributed by atoms with Crippen LogP contribution >= 0.6 is 11.3 Å². The number of amides is 1. The van der Waals surface area contributed by atoms with Gasteiger partial charge in [-0.2, -0.15) is 0 Å². The van der Waals surface area contributed by atoms with Crippen LogP contribution in [0.5, 0.6) is 0 Å². The Hall–Kier alpha value is -1.91. The Morgan fingerprint density at radius 2 is 2.14 bits per heavy atom. The number of carbonyl (C=O) groups excluding carboxylic acids is 1. The van der Waals surface area contributed by atoms with Crippen molar-refractivity contribution in [3.05, 3.63) is 58.3 Å². The summed E-state index contributed by atoms with van der Waals surface area (Å²) in [5.41, 5.74) is 1.63. The fraction of sp³-hybridized carbons (Fsp3) is 0.278. The highest BCUT2D eigenvalue weighted by Crippen LogP contribution is 2.21. The molecular formula is C18H19NO2S. The van der Waals surface area contributed by atoms with E-state index in [1.54, 1.807) is 11.3 Å². The molecule has 1 saturated heterocycles. The van der Waals surface area contributed by atoms with Crippen molar-refractivity contribution in [2.45, 2.75) is 18.9 Å². The lowest BCUT2D eigenvalue weighted by Crippen LogP contribution is -2.32. The Morgan fingerprint density at radius 3 is 2.82 bits per heavy atom. The highest BCUT2D eigenvalue weighted by Gasteiger charge is 2.18. The number of hydrogen-bond acceptors (Lipinski definition) is 3. The van der Waals surface area contributed by atoms with Gasteiger partial charge in [0.05, 0.1) is 6.10 Å². The Kier molecular flexibility index (Phi) is 5.03. The number of carbonyl (C=O) groups is 1. The number of hydrogen-bond donors (Lipinski definition) is 1. The second-order valence-electron chi connectivity index (χ2n) is 5.28. The number of ether oxygens (including phenoxy) is 1. The summed E-state index contributed by atoms with van der Waals surface area (Å²) in [6, 6.07) is 13.8. The lowest BCUT2D eigenvalue weighted by Gasteiger charge is -2.13. The molecule has 22 heavy (non-hydrogen) atoms. The summed E-state index contributed by atoms with van der Waals surface area (Å²) in [6.45, 7) is 1.38. The highest BCUT2D eigenvalue weighted by atomic mass is 32.1. The Balaban J connectivity index is 1.77. The van der Waals surface area contributed by atoms with E-state index in [1.165, 1.54) is 0 Å². The second-order valence-corrected chi connectivity index (χ2v) is 6.26. The molecule has 1 aliphatic heterocycles. The van der Waals surface area contributed by atoms with Crippen LogP contribution in [0.3, 0.4) is 0 Å². The van der Waals surface area contributed by atoms with Crippen LogP contribution in [-0.2, 0) is 9.53 Å². The lowest BCUT2D eigenvalue weighted by atomic mass is 10.0. The molecule has 3 nitrogen and oxygen atoms in total. The molecule has 1 fully saturated rings. The van der Waals surface area contributed by atoms with Gasteiger partial charge in [-0.05, 0) is 35.9 Å². The van der Waals surface area contributed by atoms with Gasteiger partial charge in [-0.1, -0.05) is 36.4 Å². The molecule has 3 rings (SSSR count). The molecule has 1 aliphatic rings. The van der Waals surface area contributed by atoms with Crippen molar-refractivity contribution >= 4 is 28.9 Å². The van der Waals surface area contributed by atoms with Crippen LogP contribution in [0.15, 0.2) is 47.8 Å². The van der Waals surface area contributed by atoms with Gasteiger partial charge in [-0.25, -0.2) is 0 Å². The maximum absolute atomic E-state index is 12.6. The maximum Gasteiger partial charge on any atom is 0.252 e. The molecule has 1 amide bonds. The minimum Gasteiger partial charge on any atom is -0.376 e. The standard InChI is InChI=1S/C18H19NO2S/c20-18(19-13-15-8-4-10-21-15)17(12-16-9-5-11-22-16)14-6-2-1-3-7-14/h1-3,5-7,9,11-12,15H,4,8,10,13H2,(H,19,20)/b17-12-/t15-/m0/s1. The van der Waals surface area contributed by atoms with E-state index >= 15 is 0 Å². The third kappa shape index (κ3) is 3.84. The molecule has 0 bridgehead atoms. The average molecular weight is 313 g/mol. The topological polar surface area (TPSA) is 38.3 Å². The zero-order chi connectivity index (χ0) is 15.2. The van der Waals surface area contributed by atoms with Gasteiger partial charge in [-0.15, -0.1) is 11.3 Å². The van der Waals surface area contributed by atoms with Crippen molar-refractivity contribution < 1.29 is 9.53 Å². The predicted molar refractivity (Wildman–Crippen MR) is 90.6 cm³/mol. The third-order valence-corrected chi connectivity index (χ3v) is 4.49. The molecule has 114 valence electrons. The third-order valence-electron chi connectivity index (χ3n) is 3.67. The molecule has 1 atom stereocenters. The van der Waals surface area contributed by atoms with Crippen LogP contribution in [0.1, 0.15) is 23.3 Å². The van der Waals surface area contributed by atoms with Crippen LogP contribution in [0.4, 0.5) is 0 Å². The van der Waals surface area contributed by atoms with E-state index in [4.69, 9.17) is 4.74 Å². The van der Waals surface area contributed by atoms with Gasteiger partial charge in [0, 0.05) is 23.6 Å². The van der Waals surface area contributed by atoms with Gasteiger partial charge in [-0.3, -0.25) is 4.79 Å². The van der Waals surface area contributed by atoms with E-state index in [2.05, 4.69) is 5.32 Å². The monoisotopic (exact) mass is 313 g/mol. The summed E-state index contributed by atoms with van der Waals surface area (Å²) < 4.78 is 5.56. The van der Waals surface area contributed by atoms with Gasteiger partial charge in [0.25, 0.3) is 5.91 Å². The molecule has 0 saturated carbocycles. The first-order valence-corrected chi connectivity index (χ1v) is 8.41. The summed E-state index contributed by atoms with van der Waals surface area (Å²) in [4.78, 5) is 13.7. The minimum atomic E-state index is -0.0462. The van der Waals surface area contributed by atoms with Crippen LogP contribution in [0.25, 0.3) is 11.6 Å². The predicted octanol–water partition coefficient (Wildman–Crippen LogP) is 3.58. The molecule has 0 unspecified atom stereocenters. The van der Waals surface area contributed by atoms with Crippen LogP contribution in [0.2, 0.25) is 0 Å². The van der Waals surface area contributed by atoms with Crippen molar-refractivity contribution in [3.63, 3.8) is 0 Å². The largest absolute Gasteiger partial charge is 0.376 e. The van der Waals surface area contributed by atoms with E-state index in [-0.39, 0.29) is 12.0 Å². The fourth-order valence-corrected chi connectivity index (χ4v) is 3.18. The lowest BCUT2D eigenvalue weighted by molar-refractivity contribution is -0.116. The van der Waals surface area contributed by atoms with E-state index < -0.39 is 0 Å². The van der Waals surface area contributed by atoms with Crippen molar-refractivity contribution in [2.75, 3.05) is 13.2 Å². The number of thiophene rings is 1. The van der Waals surface area contributed by atoms with Gasteiger partial charge in [0.15, 0.2) is 0 Å². The van der Waals surface area contributed by atoms with Crippen LogP contribution in [-0.4, -0.2) is 25.2 Å². The minimum absolute atomic E-state index is 0.0462. The smallest absolute Gasteiger partial charge is 0.252 e. The Morgan fingerprint density at radius 1 is 1.27 bits per heavy atom. The van der Waals surface area contributed by atoms with E-state index in [0.29, 0.717) is 12.1 Å². The Labute approximate surface area is 134 Å². The average Bonchev–Trinajstić information content (AvgIpc) is 3.24. The van der Waals surface area contributed by atoms with Gasteiger partial charge >= 0.3 is 0 Å². The van der Waals surface area contributed by atoms with Crippen molar-refractivity contribution in [1.29, 1.82) is 0 Å². The first-order chi connectivity index (χ1) is 10.8. The quantitative estimate of drug-likeness (QED) is 0.857. The first kappa shape index (κ1) is 15.0. The zero-order valence-corrected chi connectivity index (χ0v) is 13.1. The van der Waals surface area contributed by atoms with E-state index in [9.17, 15) is 4.79 Å². The maximum atomic E-state index is 12.6. The SMILES string of the molecule is O=C(NC[C@@H]1CCCO1)/C(=C\c1cccs1)c1ccccc1. The van der Waals surface area contributed by atoms with Gasteiger partial charge in [0.2, 0.25) is 0 Å². The van der Waals surface area contributed by atoms with Crippen LogP contribution < -0.4 is 5.32 Å². The fourth-order valence-electron chi connectivity index (χ4n) is 2.52. The van der Waals surface area contributed by atoms with E-state index in [1.807, 2.05) is 53.9 Å². The molecule has 1 aromatic heterocycles. The summed E-state index contributed by atoms with van der Waals surface area (Å²) in [5, 5.41) is 5.02. The van der Waals surface area contributed by atoms with Crippen molar-refractivity contribution in [2.24, 2.45) is 0 Å². The molecule has 2 heterocycles. The molecular weight excluding hydrogens is 294 g/mol. The molecule has 2 aromatic rings. The van der Waals surface area contributed by atoms with E-state index in [0.717, 1.165) is 29.9 Å². The molecule has 0 aliphatic carbocycles. The summed E-state index contributed by atoms with van der Waals surface area (Å²) in [7, 11) is 0. The highest BCUT2D eigenvalue weighted by molar-refractivity contribution is 7.11. The second kappa shape index (κ2) is 7.38. The first-order valence-electron chi connectivity index (χ1n) is 7.53. The molecule has 1 N–H and O–H groups in total. The number of nitrogens with one attached hydrogen (secondary N) is 1. The van der Waals surface area contributed by atoms with Gasteiger partial charge < -0.3 is 10.1 Å². The number of rotatable bonds is 5. The van der Waals surface area contributed by atoms with Crippen LogP contribution in [0, 0.1) is 0 Å². The zero-order valence-electron chi connectivity index (χ0n) is 12.3. The number of benzene rings is 1. The molecule has 4 heteroatoms. The summed E-state index contributed by atoms with van der Waals surface area (Å²) >= 11 is 1.63. The Bertz CT molecular complexity index is 628. The van der Waals surface area contributed by atoms with Gasteiger partial charge in [0.1, 0.15) is 0 Å². The normalized spacial score (nSPS) is 18.4. The summed E-state index contributed by atoms with van der Waals surface area (Å²) in [5.74, 6) is -0.0462. The molecule has 0 radical (unpaired) electrons. The van der Waals surface area contributed by atoms with Crippen molar-refractivity contribution in [1.82, 2.24) is 5.32 Å². The van der Waals surface area contributed by atoms with Crippen molar-refractivity contribution in [3.8, 4) is 0 Å². The molecule has 0 spiro atoms.